The number of aromatic nitrogens is 6. The predicted molar refractivity (Wildman–Crippen MR) is 261 cm³/mol. The van der Waals surface area contributed by atoms with E-state index in [1.165, 1.54) is 74.0 Å². The smallest absolute Gasteiger partial charge is 0.271 e. The van der Waals surface area contributed by atoms with Gasteiger partial charge >= 0.3 is 0 Å². The highest BCUT2D eigenvalue weighted by Crippen LogP contribution is 2.41. The molecule has 15 N–H and O–H groups in total. The Balaban J connectivity index is 1.18. The van der Waals surface area contributed by atoms with E-state index in [1.54, 1.807) is 36.4 Å². The molecule has 21 heteroatoms. The Kier molecular flexibility index (Phi) is 17.9. The van der Waals surface area contributed by atoms with E-state index < -0.39 is 41.8 Å². The van der Waals surface area contributed by atoms with Gasteiger partial charge in [-0.3, -0.25) is 43.7 Å². The number of nitrogens with two attached hydrogens (primary N) is 6. The molecule has 3 aromatic heterocycles. The van der Waals surface area contributed by atoms with Crippen LogP contribution in [0.4, 0.5) is 17.1 Å². The Hall–Kier alpha value is -8.40. The van der Waals surface area contributed by atoms with Crippen LogP contribution in [0.3, 0.4) is 0 Å². The van der Waals surface area contributed by atoms with E-state index in [2.05, 4.69) is 45.9 Å². The minimum atomic E-state index is -0.903. The van der Waals surface area contributed by atoms with Gasteiger partial charge in [-0.15, -0.1) is 0 Å². The molecule has 0 saturated carbocycles. The summed E-state index contributed by atoms with van der Waals surface area (Å²) in [5.74, 6) is -3.07. The summed E-state index contributed by atoms with van der Waals surface area (Å²) in [6.07, 6.45) is 14.7. The number of rotatable bonds is 24. The van der Waals surface area contributed by atoms with Crippen molar-refractivity contribution >= 4 is 52.1 Å². The molecule has 0 unspecified atom stereocenters. The molecule has 0 spiro atoms. The van der Waals surface area contributed by atoms with Gasteiger partial charge in [-0.2, -0.15) is 0 Å². The van der Waals surface area contributed by atoms with Crippen LogP contribution >= 0.6 is 0 Å². The van der Waals surface area contributed by atoms with Gasteiger partial charge < -0.3 is 50.4 Å². The highest BCUT2D eigenvalue weighted by molar-refractivity contribution is 6.02. The van der Waals surface area contributed by atoms with Gasteiger partial charge in [-0.25, -0.2) is 15.0 Å². The molecule has 0 bridgehead atoms. The fourth-order valence-electron chi connectivity index (χ4n) is 7.60. The monoisotopic (exact) mass is 949 g/mol. The zero-order chi connectivity index (χ0) is 50.2. The normalized spacial score (nSPS) is 12.3. The molecular weight excluding hydrogens is 895 g/mol. The third-order valence-corrected chi connectivity index (χ3v) is 11.4. The molecule has 3 heterocycles. The van der Waals surface area contributed by atoms with E-state index in [0.29, 0.717) is 36.0 Å². The summed E-state index contributed by atoms with van der Waals surface area (Å²) in [6, 6.07) is 11.7. The van der Waals surface area contributed by atoms with Crippen LogP contribution in [-0.2, 0) is 0 Å². The number of benzene rings is 3. The second kappa shape index (κ2) is 24.6. The molecule has 362 valence electrons. The molecule has 0 fully saturated rings. The van der Waals surface area contributed by atoms with E-state index in [9.17, 15) is 28.8 Å². The van der Waals surface area contributed by atoms with Crippen LogP contribution in [0.1, 0.15) is 124 Å². The van der Waals surface area contributed by atoms with Crippen molar-refractivity contribution in [2.45, 2.75) is 62.6 Å². The highest BCUT2D eigenvalue weighted by Gasteiger charge is 2.28. The molecule has 3 aromatic carbocycles. The molecule has 0 radical (unpaired) electrons. The zero-order valence-electron chi connectivity index (χ0n) is 38.2. The quantitative estimate of drug-likeness (QED) is 0.0182. The number of hydrogen-bond acceptors (Lipinski definition) is 18. The van der Waals surface area contributed by atoms with Gasteiger partial charge in [0.25, 0.3) is 17.7 Å². The maximum absolute atomic E-state index is 13.6. The number of amides is 3. The molecule has 6 aromatic rings. The van der Waals surface area contributed by atoms with Gasteiger partial charge in [0.15, 0.2) is 17.3 Å². The number of anilines is 3. The Morgan fingerprint density at radius 1 is 0.429 bits per heavy atom. The molecular formula is C49H55N15O6. The number of Topliss-reactive ketones (excluding diaryl/α,β-unsaturated/α-hetero) is 3. The third kappa shape index (κ3) is 13.4. The number of nitrogen functional groups attached to an aromatic ring is 3. The first-order valence-corrected chi connectivity index (χ1v) is 22.4. The number of hydrogen-bond donors (Lipinski definition) is 9. The molecule has 0 saturated heterocycles. The van der Waals surface area contributed by atoms with Crippen molar-refractivity contribution in [3.63, 3.8) is 0 Å². The molecule has 0 aliphatic carbocycles. The number of nitrogens with zero attached hydrogens (tertiary/aromatic N) is 6. The summed E-state index contributed by atoms with van der Waals surface area (Å²) in [5.41, 5.74) is 42.7. The minimum absolute atomic E-state index is 0.167. The van der Waals surface area contributed by atoms with E-state index in [-0.39, 0.29) is 107 Å². The van der Waals surface area contributed by atoms with Crippen molar-refractivity contribution < 1.29 is 28.8 Å². The fraction of sp³-hybridized carbons (Fsp3) is 0.265. The van der Waals surface area contributed by atoms with E-state index in [4.69, 9.17) is 34.4 Å². The fourth-order valence-corrected chi connectivity index (χ4v) is 7.60. The predicted octanol–water partition coefficient (Wildman–Crippen LogP) is 2.14. The molecule has 3 atom stereocenters. The summed E-state index contributed by atoms with van der Waals surface area (Å²) in [6.45, 7) is 0.765. The lowest BCUT2D eigenvalue weighted by Crippen LogP contribution is -2.33. The maximum atomic E-state index is 13.6. The summed E-state index contributed by atoms with van der Waals surface area (Å²) in [4.78, 5) is 101. The van der Waals surface area contributed by atoms with Crippen LogP contribution in [0.25, 0.3) is 0 Å². The third-order valence-electron chi connectivity index (χ3n) is 11.4. The second-order valence-corrected chi connectivity index (χ2v) is 16.3. The topological polar surface area (TPSA) is 372 Å². The molecule has 6 rings (SSSR count). The lowest BCUT2D eigenvalue weighted by molar-refractivity contribution is 0.0932. The van der Waals surface area contributed by atoms with Crippen LogP contribution in [0, 0.1) is 0 Å². The van der Waals surface area contributed by atoms with Gasteiger partial charge in [0.05, 0.1) is 36.7 Å². The minimum Gasteiger partial charge on any atom is -0.398 e. The number of carbonyl (C=O) groups is 6. The second-order valence-electron chi connectivity index (χ2n) is 16.3. The Labute approximate surface area is 403 Å². The standard InChI is InChI=1S/C49H55N15O6/c50-34(4-1-13-62-47(68)40-25-56-16-19-59-40)44(65)28-7-10-31(37(53)22-28)43(32-11-8-29(23-38(32)54)45(66)35(51)5-2-14-63-48(69)41-26-57-17-20-60-41)33-12-9-30(24-39(33)55)46(67)36(52)6-3-15-64-49(70)42-27-58-18-21-61-42/h7-12,16-27,34-36,43H,1-6,13-15,50-55H2,(H,62,68)(H,63,69)(H,64,70)/t34-,35-,36-/m0/s1. The summed E-state index contributed by atoms with van der Waals surface area (Å²) < 4.78 is 0. The van der Waals surface area contributed by atoms with Crippen molar-refractivity contribution in [1.29, 1.82) is 0 Å². The number of nitrogens with one attached hydrogen (secondary N) is 3. The van der Waals surface area contributed by atoms with Crippen LogP contribution < -0.4 is 50.4 Å². The van der Waals surface area contributed by atoms with Crippen LogP contribution in [0.15, 0.2) is 110 Å². The van der Waals surface area contributed by atoms with Crippen molar-refractivity contribution in [2.24, 2.45) is 17.2 Å². The summed E-state index contributed by atoms with van der Waals surface area (Å²) in [7, 11) is 0. The van der Waals surface area contributed by atoms with Gasteiger partial charge in [0, 0.05) is 96.5 Å². The van der Waals surface area contributed by atoms with Gasteiger partial charge in [0.2, 0.25) is 0 Å². The van der Waals surface area contributed by atoms with Crippen LogP contribution in [-0.4, -0.2) is 103 Å². The van der Waals surface area contributed by atoms with Crippen LogP contribution in [0.5, 0.6) is 0 Å². The highest BCUT2D eigenvalue weighted by atomic mass is 16.2. The molecule has 21 nitrogen and oxygen atoms in total. The zero-order valence-corrected chi connectivity index (χ0v) is 38.2. The first-order valence-electron chi connectivity index (χ1n) is 22.4. The first kappa shape index (κ1) is 51.0. The molecule has 3 amide bonds. The largest absolute Gasteiger partial charge is 0.398 e. The SMILES string of the molecule is Nc1cc(C(=O)[C@@H](N)CCCNC(=O)c2cnccn2)ccc1C(c1ccc(C(=O)[C@@H](N)CCCNC(=O)c2cnccn2)cc1N)c1ccc(C(=O)[C@@H](N)CCCNC(=O)c2cnccn2)cc1N. The van der Waals surface area contributed by atoms with E-state index >= 15 is 0 Å². The Morgan fingerprint density at radius 3 is 0.957 bits per heavy atom. The lowest BCUT2D eigenvalue weighted by Gasteiger charge is -2.25. The van der Waals surface area contributed by atoms with E-state index in [1.807, 2.05) is 0 Å². The van der Waals surface area contributed by atoms with Crippen molar-refractivity contribution in [1.82, 2.24) is 45.9 Å². The van der Waals surface area contributed by atoms with E-state index in [0.717, 1.165) is 0 Å². The summed E-state index contributed by atoms with van der Waals surface area (Å²) >= 11 is 0. The average Bonchev–Trinajstić information content (AvgIpc) is 3.38. The van der Waals surface area contributed by atoms with Crippen LogP contribution in [0.2, 0.25) is 0 Å². The van der Waals surface area contributed by atoms with Gasteiger partial charge in [0.1, 0.15) is 17.1 Å². The average molecular weight is 950 g/mol. The Morgan fingerprint density at radius 2 is 0.714 bits per heavy atom. The Bertz CT molecular complexity index is 2500. The lowest BCUT2D eigenvalue weighted by atomic mass is 9.81. The van der Waals surface area contributed by atoms with Gasteiger partial charge in [-0.05, 0) is 73.4 Å². The number of carbonyl (C=O) groups excluding carboxylic acids is 6. The molecule has 0 aliphatic heterocycles. The first-order chi connectivity index (χ1) is 33.7. The molecule has 70 heavy (non-hydrogen) atoms. The van der Waals surface area contributed by atoms with Crippen molar-refractivity contribution in [3.05, 3.63) is 161 Å². The maximum Gasteiger partial charge on any atom is 0.271 e. The summed E-state index contributed by atoms with van der Waals surface area (Å²) in [5, 5.41) is 8.22. The van der Waals surface area contributed by atoms with Crippen molar-refractivity contribution in [2.75, 3.05) is 36.8 Å². The van der Waals surface area contributed by atoms with Gasteiger partial charge in [-0.1, -0.05) is 36.4 Å². The van der Waals surface area contributed by atoms with Crippen molar-refractivity contribution in [3.8, 4) is 0 Å². The molecule has 0 aliphatic rings. The number of ketones is 3.